The molecule has 126 valence electrons. The van der Waals surface area contributed by atoms with E-state index in [9.17, 15) is 4.79 Å². The van der Waals surface area contributed by atoms with E-state index in [0.29, 0.717) is 28.6 Å². The van der Waals surface area contributed by atoms with Crippen LogP contribution in [0.1, 0.15) is 21.6 Å². The highest BCUT2D eigenvalue weighted by molar-refractivity contribution is 6.35. The van der Waals surface area contributed by atoms with Crippen LogP contribution in [0.4, 0.5) is 5.95 Å². The zero-order valence-corrected chi connectivity index (χ0v) is 14.7. The van der Waals surface area contributed by atoms with Gasteiger partial charge in [0, 0.05) is 17.5 Å². The minimum atomic E-state index is -0.102. The van der Waals surface area contributed by atoms with E-state index in [0.717, 1.165) is 28.8 Å². The molecule has 1 amide bonds. The molecule has 1 aliphatic heterocycles. The fraction of sp³-hybridized carbons (Fsp3) is 0.211. The summed E-state index contributed by atoms with van der Waals surface area (Å²) < 4.78 is 5.24. The SMILES string of the molecule is COc1ccc2c(c1)CCN(c1nc(C)c3cccc(Cl)c3n1)C2=O. The molecule has 1 aliphatic rings. The van der Waals surface area contributed by atoms with E-state index in [1.54, 1.807) is 30.2 Å². The number of carbonyl (C=O) groups is 1. The molecule has 3 aromatic rings. The van der Waals surface area contributed by atoms with Gasteiger partial charge in [-0.15, -0.1) is 0 Å². The molecule has 2 heterocycles. The average Bonchev–Trinajstić information content (AvgIpc) is 2.62. The molecule has 0 aliphatic carbocycles. The highest BCUT2D eigenvalue weighted by Crippen LogP contribution is 2.29. The maximum atomic E-state index is 12.9. The van der Waals surface area contributed by atoms with E-state index < -0.39 is 0 Å². The second-order valence-corrected chi connectivity index (χ2v) is 6.38. The molecule has 25 heavy (non-hydrogen) atoms. The summed E-state index contributed by atoms with van der Waals surface area (Å²) in [5, 5.41) is 1.45. The van der Waals surface area contributed by atoms with Crippen LogP contribution >= 0.6 is 11.6 Å². The Morgan fingerprint density at radius 1 is 1.20 bits per heavy atom. The number of hydrogen-bond acceptors (Lipinski definition) is 4. The minimum absolute atomic E-state index is 0.102. The Hall–Kier alpha value is -2.66. The molecule has 0 bridgehead atoms. The number of aromatic nitrogens is 2. The summed E-state index contributed by atoms with van der Waals surface area (Å²) in [6.45, 7) is 2.42. The summed E-state index contributed by atoms with van der Waals surface area (Å²) in [5.74, 6) is 1.05. The number of fused-ring (bicyclic) bond motifs is 2. The molecule has 0 saturated heterocycles. The lowest BCUT2D eigenvalue weighted by molar-refractivity contribution is 0.0979. The van der Waals surface area contributed by atoms with Crippen LogP contribution in [-0.4, -0.2) is 29.5 Å². The van der Waals surface area contributed by atoms with Crippen LogP contribution in [0.15, 0.2) is 36.4 Å². The van der Waals surface area contributed by atoms with Crippen molar-refractivity contribution in [1.82, 2.24) is 9.97 Å². The molecule has 0 saturated carbocycles. The van der Waals surface area contributed by atoms with Gasteiger partial charge < -0.3 is 4.74 Å². The topological polar surface area (TPSA) is 55.3 Å². The van der Waals surface area contributed by atoms with Crippen molar-refractivity contribution in [3.63, 3.8) is 0 Å². The maximum Gasteiger partial charge on any atom is 0.260 e. The zero-order valence-electron chi connectivity index (χ0n) is 13.9. The first-order valence-electron chi connectivity index (χ1n) is 8.00. The lowest BCUT2D eigenvalue weighted by Gasteiger charge is -2.27. The summed E-state index contributed by atoms with van der Waals surface area (Å²) in [4.78, 5) is 23.6. The summed E-state index contributed by atoms with van der Waals surface area (Å²) in [5.41, 5.74) is 3.11. The van der Waals surface area contributed by atoms with Crippen LogP contribution < -0.4 is 9.64 Å². The minimum Gasteiger partial charge on any atom is -0.497 e. The van der Waals surface area contributed by atoms with Crippen molar-refractivity contribution in [2.75, 3.05) is 18.6 Å². The monoisotopic (exact) mass is 353 g/mol. The second kappa shape index (κ2) is 6.01. The summed E-state index contributed by atoms with van der Waals surface area (Å²) in [6, 6.07) is 11.1. The van der Waals surface area contributed by atoms with Gasteiger partial charge in [0.05, 0.1) is 23.3 Å². The van der Waals surface area contributed by atoms with Gasteiger partial charge in [-0.2, -0.15) is 0 Å². The van der Waals surface area contributed by atoms with Gasteiger partial charge in [0.25, 0.3) is 5.91 Å². The van der Waals surface area contributed by atoms with Crippen LogP contribution in [0.5, 0.6) is 5.75 Å². The summed E-state index contributed by atoms with van der Waals surface area (Å²) in [7, 11) is 1.62. The van der Waals surface area contributed by atoms with E-state index in [2.05, 4.69) is 9.97 Å². The van der Waals surface area contributed by atoms with Gasteiger partial charge in [-0.3, -0.25) is 9.69 Å². The van der Waals surface area contributed by atoms with Gasteiger partial charge in [0.1, 0.15) is 5.75 Å². The number of rotatable bonds is 2. The number of anilines is 1. The molecule has 5 nitrogen and oxygen atoms in total. The Balaban J connectivity index is 1.79. The quantitative estimate of drug-likeness (QED) is 0.703. The van der Waals surface area contributed by atoms with Crippen molar-refractivity contribution >= 4 is 34.4 Å². The molecule has 0 spiro atoms. The third-order valence-electron chi connectivity index (χ3n) is 4.49. The Kier molecular flexibility index (Phi) is 3.81. The van der Waals surface area contributed by atoms with E-state index >= 15 is 0 Å². The largest absolute Gasteiger partial charge is 0.497 e. The Labute approximate surface area is 150 Å². The van der Waals surface area contributed by atoms with E-state index in [1.807, 2.05) is 25.1 Å². The molecule has 1 aromatic heterocycles. The third kappa shape index (κ3) is 2.61. The maximum absolute atomic E-state index is 12.9. The van der Waals surface area contributed by atoms with Crippen LogP contribution in [0.2, 0.25) is 5.02 Å². The van der Waals surface area contributed by atoms with Gasteiger partial charge in [-0.05, 0) is 43.2 Å². The number of para-hydroxylation sites is 1. The third-order valence-corrected chi connectivity index (χ3v) is 4.80. The second-order valence-electron chi connectivity index (χ2n) is 5.97. The number of methoxy groups -OCH3 is 1. The fourth-order valence-electron chi connectivity index (χ4n) is 3.16. The molecular weight excluding hydrogens is 338 g/mol. The van der Waals surface area contributed by atoms with Gasteiger partial charge in [0.2, 0.25) is 5.95 Å². The van der Waals surface area contributed by atoms with Crippen molar-refractivity contribution in [2.24, 2.45) is 0 Å². The predicted octanol–water partition coefficient (Wildman–Crippen LogP) is 3.80. The zero-order chi connectivity index (χ0) is 17.6. The number of carbonyl (C=O) groups excluding carboxylic acids is 1. The first-order valence-corrected chi connectivity index (χ1v) is 8.38. The van der Waals surface area contributed by atoms with Crippen LogP contribution in [0.25, 0.3) is 10.9 Å². The van der Waals surface area contributed by atoms with Crippen LogP contribution in [-0.2, 0) is 6.42 Å². The lowest BCUT2D eigenvalue weighted by atomic mass is 9.99. The van der Waals surface area contributed by atoms with E-state index in [-0.39, 0.29) is 5.91 Å². The smallest absolute Gasteiger partial charge is 0.260 e. The first-order chi connectivity index (χ1) is 12.1. The Bertz CT molecular complexity index is 1000. The van der Waals surface area contributed by atoms with Crippen molar-refractivity contribution in [1.29, 1.82) is 0 Å². The number of nitrogens with zero attached hydrogens (tertiary/aromatic N) is 3. The fourth-order valence-corrected chi connectivity index (χ4v) is 3.38. The number of halogens is 1. The molecule has 0 unspecified atom stereocenters. The summed E-state index contributed by atoms with van der Waals surface area (Å²) in [6.07, 6.45) is 0.723. The number of hydrogen-bond donors (Lipinski definition) is 0. The molecule has 6 heteroatoms. The van der Waals surface area contributed by atoms with Crippen LogP contribution in [0.3, 0.4) is 0 Å². The van der Waals surface area contributed by atoms with Crippen molar-refractivity contribution < 1.29 is 9.53 Å². The van der Waals surface area contributed by atoms with Crippen molar-refractivity contribution in [3.05, 3.63) is 58.2 Å². The van der Waals surface area contributed by atoms with E-state index in [1.165, 1.54) is 0 Å². The van der Waals surface area contributed by atoms with Crippen LogP contribution in [0, 0.1) is 6.92 Å². The van der Waals surface area contributed by atoms with Crippen molar-refractivity contribution in [3.8, 4) is 5.75 Å². The number of ether oxygens (including phenoxy) is 1. The number of aryl methyl sites for hydroxylation is 1. The normalized spacial score (nSPS) is 13.9. The Morgan fingerprint density at radius 2 is 2.04 bits per heavy atom. The lowest BCUT2D eigenvalue weighted by Crippen LogP contribution is -2.38. The van der Waals surface area contributed by atoms with E-state index in [4.69, 9.17) is 16.3 Å². The predicted molar refractivity (Wildman–Crippen MR) is 97.7 cm³/mol. The highest BCUT2D eigenvalue weighted by Gasteiger charge is 2.28. The molecule has 4 rings (SSSR count). The molecule has 0 fully saturated rings. The van der Waals surface area contributed by atoms with Gasteiger partial charge in [-0.1, -0.05) is 23.7 Å². The molecule has 0 radical (unpaired) electrons. The first kappa shape index (κ1) is 15.8. The van der Waals surface area contributed by atoms with Gasteiger partial charge >= 0.3 is 0 Å². The summed E-state index contributed by atoms with van der Waals surface area (Å²) >= 11 is 6.28. The molecule has 0 N–H and O–H groups in total. The standard InChI is InChI=1S/C19H16ClN3O2/c1-11-14-4-3-5-16(20)17(14)22-19(21-11)23-9-8-12-10-13(25-2)6-7-15(12)18(23)24/h3-7,10H,8-9H2,1-2H3. The molecule has 0 atom stereocenters. The average molecular weight is 354 g/mol. The number of amides is 1. The van der Waals surface area contributed by atoms with Gasteiger partial charge in [0.15, 0.2) is 0 Å². The molecule has 2 aromatic carbocycles. The molecular formula is C19H16ClN3O2. The Morgan fingerprint density at radius 3 is 2.84 bits per heavy atom. The highest BCUT2D eigenvalue weighted by atomic mass is 35.5. The van der Waals surface area contributed by atoms with Crippen molar-refractivity contribution in [2.45, 2.75) is 13.3 Å². The number of benzene rings is 2. The van der Waals surface area contributed by atoms with Gasteiger partial charge in [-0.25, -0.2) is 9.97 Å².